The quantitative estimate of drug-likeness (QED) is 0.601. The highest BCUT2D eigenvalue weighted by atomic mass is 32.1. The van der Waals surface area contributed by atoms with Gasteiger partial charge in [-0.1, -0.05) is 17.7 Å². The van der Waals surface area contributed by atoms with E-state index in [4.69, 9.17) is 5.26 Å². The van der Waals surface area contributed by atoms with Crippen LogP contribution in [0.2, 0.25) is 0 Å². The zero-order valence-electron chi connectivity index (χ0n) is 12.2. The molecule has 0 bridgehead atoms. The van der Waals surface area contributed by atoms with E-state index in [-0.39, 0.29) is 0 Å². The summed E-state index contributed by atoms with van der Waals surface area (Å²) in [5, 5.41) is 13.8. The summed E-state index contributed by atoms with van der Waals surface area (Å²) in [4.78, 5) is 13.0. The van der Waals surface area contributed by atoms with Crippen molar-refractivity contribution in [2.24, 2.45) is 0 Å². The van der Waals surface area contributed by atoms with Gasteiger partial charge in [0.05, 0.1) is 21.1 Å². The molecule has 2 aromatic heterocycles. The number of nitriles is 1. The minimum atomic E-state index is 0.442. The summed E-state index contributed by atoms with van der Waals surface area (Å²) in [6.07, 6.45) is 1.54. The van der Waals surface area contributed by atoms with Gasteiger partial charge in [-0.2, -0.15) is 5.26 Å². The number of rotatable bonds is 2. The van der Waals surface area contributed by atoms with Crippen LogP contribution in [0, 0.1) is 18.3 Å². The van der Waals surface area contributed by atoms with Gasteiger partial charge in [0, 0.05) is 5.69 Å². The summed E-state index contributed by atoms with van der Waals surface area (Å²) in [6, 6.07) is 14.0. The Hall–Kier alpha value is -3.04. The lowest BCUT2D eigenvalue weighted by atomic mass is 10.2. The van der Waals surface area contributed by atoms with E-state index in [9.17, 15) is 0 Å². The van der Waals surface area contributed by atoms with Crippen LogP contribution in [0.4, 0.5) is 11.5 Å². The molecule has 0 aliphatic carbocycles. The van der Waals surface area contributed by atoms with Gasteiger partial charge in [-0.15, -0.1) is 11.3 Å². The average molecular weight is 317 g/mol. The van der Waals surface area contributed by atoms with Crippen molar-refractivity contribution >= 4 is 44.0 Å². The van der Waals surface area contributed by atoms with Crippen molar-refractivity contribution in [2.45, 2.75) is 6.92 Å². The third-order valence-electron chi connectivity index (χ3n) is 3.57. The molecule has 0 fully saturated rings. The molecule has 0 aliphatic heterocycles. The molecule has 0 unspecified atom stereocenters. The Morgan fingerprint density at radius 1 is 1.04 bits per heavy atom. The van der Waals surface area contributed by atoms with Crippen LogP contribution in [0.1, 0.15) is 10.6 Å². The molecule has 0 atom stereocenters. The SMILES string of the molecule is Cc1ccc(Nc2ncnc3ccc4nc(C#N)sc4c23)cc1. The van der Waals surface area contributed by atoms with Crippen LogP contribution in [-0.4, -0.2) is 15.0 Å². The normalized spacial score (nSPS) is 10.8. The number of nitrogens with zero attached hydrogens (tertiary/aromatic N) is 4. The Morgan fingerprint density at radius 2 is 1.83 bits per heavy atom. The molecule has 110 valence electrons. The standard InChI is InChI=1S/C17H11N5S/c1-10-2-4-11(5-3-10)21-17-15-12(19-9-20-17)6-7-13-16(15)23-14(8-18)22-13/h2-7,9H,1H3,(H,19,20,21). The molecule has 0 spiro atoms. The first kappa shape index (κ1) is 13.6. The summed E-state index contributed by atoms with van der Waals surface area (Å²) < 4.78 is 0.925. The summed E-state index contributed by atoms with van der Waals surface area (Å²) in [6.45, 7) is 2.05. The Bertz CT molecular complexity index is 1060. The second-order valence-corrected chi connectivity index (χ2v) is 6.15. The number of nitrogens with one attached hydrogen (secondary N) is 1. The fraction of sp³-hybridized carbons (Fsp3) is 0.0588. The number of benzene rings is 2. The lowest BCUT2D eigenvalue weighted by Crippen LogP contribution is -1.96. The van der Waals surface area contributed by atoms with Crippen LogP contribution in [0.5, 0.6) is 0 Å². The first-order valence-corrected chi connectivity index (χ1v) is 7.84. The molecule has 0 aliphatic rings. The van der Waals surface area contributed by atoms with Crippen LogP contribution in [0.3, 0.4) is 0 Å². The first-order valence-electron chi connectivity index (χ1n) is 7.02. The van der Waals surface area contributed by atoms with E-state index < -0.39 is 0 Å². The minimum absolute atomic E-state index is 0.442. The molecule has 0 radical (unpaired) electrons. The van der Waals surface area contributed by atoms with Gasteiger partial charge in [0.2, 0.25) is 0 Å². The molecule has 2 heterocycles. The Labute approximate surface area is 136 Å². The smallest absolute Gasteiger partial charge is 0.195 e. The van der Waals surface area contributed by atoms with Crippen molar-refractivity contribution in [1.29, 1.82) is 5.26 Å². The van der Waals surface area contributed by atoms with Gasteiger partial charge in [0.15, 0.2) is 5.01 Å². The molecule has 4 aromatic rings. The van der Waals surface area contributed by atoms with Crippen LogP contribution in [0.25, 0.3) is 21.1 Å². The summed E-state index contributed by atoms with van der Waals surface area (Å²) >= 11 is 1.36. The van der Waals surface area contributed by atoms with Crippen molar-refractivity contribution < 1.29 is 0 Å². The molecule has 23 heavy (non-hydrogen) atoms. The lowest BCUT2D eigenvalue weighted by molar-refractivity contribution is 1.22. The van der Waals surface area contributed by atoms with E-state index in [2.05, 4.69) is 26.3 Å². The number of thiazole rings is 1. The van der Waals surface area contributed by atoms with Crippen molar-refractivity contribution in [2.75, 3.05) is 5.32 Å². The second-order valence-electron chi connectivity index (χ2n) is 5.15. The predicted molar refractivity (Wildman–Crippen MR) is 91.9 cm³/mol. The lowest BCUT2D eigenvalue weighted by Gasteiger charge is -2.09. The summed E-state index contributed by atoms with van der Waals surface area (Å²) in [7, 11) is 0. The van der Waals surface area contributed by atoms with Gasteiger partial charge in [0.25, 0.3) is 0 Å². The number of hydrogen-bond acceptors (Lipinski definition) is 6. The molecular weight excluding hydrogens is 306 g/mol. The zero-order chi connectivity index (χ0) is 15.8. The highest BCUT2D eigenvalue weighted by molar-refractivity contribution is 7.20. The molecule has 0 saturated heterocycles. The third-order valence-corrected chi connectivity index (χ3v) is 4.56. The monoisotopic (exact) mass is 317 g/mol. The highest BCUT2D eigenvalue weighted by Crippen LogP contribution is 2.34. The van der Waals surface area contributed by atoms with E-state index in [1.54, 1.807) is 0 Å². The summed E-state index contributed by atoms with van der Waals surface area (Å²) in [5.41, 5.74) is 3.78. The number of anilines is 2. The molecule has 2 aromatic carbocycles. The van der Waals surface area contributed by atoms with Gasteiger partial charge in [-0.25, -0.2) is 15.0 Å². The van der Waals surface area contributed by atoms with E-state index >= 15 is 0 Å². The topological polar surface area (TPSA) is 74.5 Å². The van der Waals surface area contributed by atoms with Gasteiger partial charge in [0.1, 0.15) is 18.2 Å². The van der Waals surface area contributed by atoms with Gasteiger partial charge in [-0.05, 0) is 31.2 Å². The van der Waals surface area contributed by atoms with E-state index in [1.807, 2.05) is 43.3 Å². The largest absolute Gasteiger partial charge is 0.340 e. The maximum Gasteiger partial charge on any atom is 0.195 e. The number of hydrogen-bond donors (Lipinski definition) is 1. The maximum atomic E-state index is 9.09. The zero-order valence-corrected chi connectivity index (χ0v) is 13.1. The molecule has 0 saturated carbocycles. The van der Waals surface area contributed by atoms with Crippen LogP contribution >= 0.6 is 11.3 Å². The Morgan fingerprint density at radius 3 is 2.61 bits per heavy atom. The predicted octanol–water partition coefficient (Wildman–Crippen LogP) is 4.16. The van der Waals surface area contributed by atoms with E-state index in [0.717, 1.165) is 32.6 Å². The van der Waals surface area contributed by atoms with Crippen molar-refractivity contribution in [3.05, 3.63) is 53.3 Å². The molecular formula is C17H11N5S. The van der Waals surface area contributed by atoms with Crippen molar-refractivity contribution in [3.63, 3.8) is 0 Å². The van der Waals surface area contributed by atoms with Crippen LogP contribution in [-0.2, 0) is 0 Å². The fourth-order valence-corrected chi connectivity index (χ4v) is 3.35. The fourth-order valence-electron chi connectivity index (χ4n) is 2.45. The molecule has 1 N–H and O–H groups in total. The molecule has 5 nitrogen and oxygen atoms in total. The minimum Gasteiger partial charge on any atom is -0.340 e. The number of aromatic nitrogens is 3. The number of fused-ring (bicyclic) bond motifs is 3. The van der Waals surface area contributed by atoms with Gasteiger partial charge >= 0.3 is 0 Å². The average Bonchev–Trinajstić information content (AvgIpc) is 3.00. The molecule has 4 rings (SSSR count). The van der Waals surface area contributed by atoms with E-state index in [0.29, 0.717) is 5.01 Å². The Kier molecular flexibility index (Phi) is 3.14. The Balaban J connectivity index is 1.93. The first-order chi connectivity index (χ1) is 11.2. The van der Waals surface area contributed by atoms with Gasteiger partial charge in [-0.3, -0.25) is 0 Å². The maximum absolute atomic E-state index is 9.09. The van der Waals surface area contributed by atoms with Crippen LogP contribution in [0.15, 0.2) is 42.7 Å². The summed E-state index contributed by atoms with van der Waals surface area (Å²) in [5.74, 6) is 0.720. The highest BCUT2D eigenvalue weighted by Gasteiger charge is 2.12. The third kappa shape index (κ3) is 2.37. The van der Waals surface area contributed by atoms with Crippen LogP contribution < -0.4 is 5.32 Å². The van der Waals surface area contributed by atoms with Crippen molar-refractivity contribution in [1.82, 2.24) is 15.0 Å². The molecule has 0 amide bonds. The van der Waals surface area contributed by atoms with Crippen molar-refractivity contribution in [3.8, 4) is 6.07 Å². The number of aryl methyl sites for hydroxylation is 1. The second kappa shape index (κ2) is 5.30. The van der Waals surface area contributed by atoms with E-state index in [1.165, 1.54) is 23.2 Å². The van der Waals surface area contributed by atoms with Gasteiger partial charge < -0.3 is 5.32 Å². The molecule has 6 heteroatoms.